The normalized spacial score (nSPS) is 10.2. The van der Waals surface area contributed by atoms with Crippen molar-refractivity contribution in [1.82, 2.24) is 10.3 Å². The van der Waals surface area contributed by atoms with Gasteiger partial charge >= 0.3 is 0 Å². The zero-order chi connectivity index (χ0) is 19.9. The van der Waals surface area contributed by atoms with Crippen molar-refractivity contribution < 1.29 is 14.3 Å². The average molecular weight is 377 g/mol. The van der Waals surface area contributed by atoms with Crippen LogP contribution in [0.1, 0.15) is 21.6 Å². The fraction of sp³-hybridized carbons (Fsp3) is 0.182. The highest BCUT2D eigenvalue weighted by molar-refractivity contribution is 5.92. The maximum atomic E-state index is 12.3. The molecule has 0 aliphatic heterocycles. The van der Waals surface area contributed by atoms with Crippen molar-refractivity contribution in [3.8, 4) is 11.5 Å². The van der Waals surface area contributed by atoms with E-state index in [1.165, 1.54) is 5.56 Å². The van der Waals surface area contributed by atoms with Crippen LogP contribution in [0.15, 0.2) is 60.8 Å². The van der Waals surface area contributed by atoms with E-state index in [4.69, 9.17) is 9.47 Å². The average Bonchev–Trinajstić information content (AvgIpc) is 2.74. The van der Waals surface area contributed by atoms with Crippen LogP contribution >= 0.6 is 0 Å². The summed E-state index contributed by atoms with van der Waals surface area (Å²) in [5.41, 5.74) is 4.12. The van der Waals surface area contributed by atoms with Gasteiger partial charge in [-0.15, -0.1) is 0 Å². The lowest BCUT2D eigenvalue weighted by molar-refractivity contribution is 0.0946. The Balaban J connectivity index is 1.63. The molecule has 0 unspecified atom stereocenters. The number of hydrogen-bond donors (Lipinski definition) is 2. The smallest absolute Gasteiger partial charge is 0.270 e. The highest BCUT2D eigenvalue weighted by Gasteiger charge is 2.09. The van der Waals surface area contributed by atoms with Gasteiger partial charge in [0.25, 0.3) is 5.91 Å². The van der Waals surface area contributed by atoms with E-state index in [-0.39, 0.29) is 5.91 Å². The Kier molecular flexibility index (Phi) is 6.11. The fourth-order valence-electron chi connectivity index (χ4n) is 2.64. The Labute approximate surface area is 164 Å². The maximum Gasteiger partial charge on any atom is 0.270 e. The Morgan fingerprint density at radius 1 is 1.00 bits per heavy atom. The predicted molar refractivity (Wildman–Crippen MR) is 109 cm³/mol. The van der Waals surface area contributed by atoms with E-state index >= 15 is 0 Å². The number of benzene rings is 2. The van der Waals surface area contributed by atoms with Crippen LogP contribution in [0.5, 0.6) is 11.5 Å². The number of hydrogen-bond acceptors (Lipinski definition) is 5. The Hall–Kier alpha value is -3.54. The van der Waals surface area contributed by atoms with Crippen molar-refractivity contribution in [1.29, 1.82) is 0 Å². The first kappa shape index (κ1) is 19.2. The summed E-state index contributed by atoms with van der Waals surface area (Å²) >= 11 is 0. The SMILES string of the molecule is COc1ccc(Nc2ccc(C(=O)NCc3ccc(C)cc3)nc2)c(OC)c1. The molecular formula is C22H23N3O3. The quantitative estimate of drug-likeness (QED) is 0.649. The van der Waals surface area contributed by atoms with Gasteiger partial charge in [0.2, 0.25) is 0 Å². The number of nitrogens with zero attached hydrogens (tertiary/aromatic N) is 1. The van der Waals surface area contributed by atoms with Crippen LogP contribution in [0.25, 0.3) is 0 Å². The molecule has 6 nitrogen and oxygen atoms in total. The molecule has 0 atom stereocenters. The molecule has 1 heterocycles. The van der Waals surface area contributed by atoms with Gasteiger partial charge in [0.05, 0.1) is 31.8 Å². The number of nitrogens with one attached hydrogen (secondary N) is 2. The van der Waals surface area contributed by atoms with Gasteiger partial charge in [-0.05, 0) is 36.8 Å². The van der Waals surface area contributed by atoms with Crippen molar-refractivity contribution in [2.75, 3.05) is 19.5 Å². The summed E-state index contributed by atoms with van der Waals surface area (Å²) in [7, 11) is 3.20. The van der Waals surface area contributed by atoms with Gasteiger partial charge in [-0.1, -0.05) is 29.8 Å². The summed E-state index contributed by atoms with van der Waals surface area (Å²) in [6.07, 6.45) is 1.62. The molecule has 6 heteroatoms. The van der Waals surface area contributed by atoms with E-state index in [9.17, 15) is 4.79 Å². The van der Waals surface area contributed by atoms with Crippen molar-refractivity contribution in [2.24, 2.45) is 0 Å². The minimum Gasteiger partial charge on any atom is -0.497 e. The van der Waals surface area contributed by atoms with Crippen molar-refractivity contribution in [2.45, 2.75) is 13.5 Å². The molecule has 0 aliphatic carbocycles. The molecule has 2 aromatic carbocycles. The molecule has 2 N–H and O–H groups in total. The maximum absolute atomic E-state index is 12.3. The van der Waals surface area contributed by atoms with Gasteiger partial charge in [0.15, 0.2) is 0 Å². The molecule has 0 radical (unpaired) electrons. The molecule has 144 valence electrons. The Bertz CT molecular complexity index is 938. The number of carbonyl (C=O) groups excluding carboxylic acids is 1. The van der Waals surface area contributed by atoms with Crippen molar-refractivity contribution in [3.05, 3.63) is 77.6 Å². The van der Waals surface area contributed by atoms with Crippen LogP contribution < -0.4 is 20.1 Å². The molecule has 0 saturated heterocycles. The van der Waals surface area contributed by atoms with Crippen LogP contribution in [0.3, 0.4) is 0 Å². The summed E-state index contributed by atoms with van der Waals surface area (Å²) < 4.78 is 10.6. The first-order valence-corrected chi connectivity index (χ1v) is 8.88. The summed E-state index contributed by atoms with van der Waals surface area (Å²) in [5.74, 6) is 1.15. The molecule has 3 aromatic rings. The second-order valence-corrected chi connectivity index (χ2v) is 6.29. The lowest BCUT2D eigenvalue weighted by Gasteiger charge is -2.12. The van der Waals surface area contributed by atoms with Crippen LogP contribution in [0.2, 0.25) is 0 Å². The summed E-state index contributed by atoms with van der Waals surface area (Å²) in [6, 6.07) is 17.0. The van der Waals surface area contributed by atoms with E-state index in [1.54, 1.807) is 38.6 Å². The third kappa shape index (κ3) is 4.79. The first-order valence-electron chi connectivity index (χ1n) is 8.88. The molecule has 1 aromatic heterocycles. The topological polar surface area (TPSA) is 72.5 Å². The third-order valence-corrected chi connectivity index (χ3v) is 4.26. The molecule has 0 saturated carbocycles. The molecule has 3 rings (SSSR count). The minimum absolute atomic E-state index is 0.214. The number of carbonyl (C=O) groups is 1. The predicted octanol–water partition coefficient (Wildman–Crippen LogP) is 4.08. The van der Waals surface area contributed by atoms with Gasteiger partial charge in [0, 0.05) is 12.6 Å². The number of aryl methyl sites for hydroxylation is 1. The third-order valence-electron chi connectivity index (χ3n) is 4.26. The Morgan fingerprint density at radius 3 is 2.43 bits per heavy atom. The minimum atomic E-state index is -0.214. The van der Waals surface area contributed by atoms with Crippen LogP contribution in [0, 0.1) is 6.92 Å². The van der Waals surface area contributed by atoms with E-state index < -0.39 is 0 Å². The number of ether oxygens (including phenoxy) is 2. The molecule has 0 bridgehead atoms. The fourth-order valence-corrected chi connectivity index (χ4v) is 2.64. The largest absolute Gasteiger partial charge is 0.497 e. The van der Waals surface area contributed by atoms with Gasteiger partial charge < -0.3 is 20.1 Å². The van der Waals surface area contributed by atoms with Gasteiger partial charge in [-0.2, -0.15) is 0 Å². The lowest BCUT2D eigenvalue weighted by Crippen LogP contribution is -2.23. The first-order chi connectivity index (χ1) is 13.6. The lowest BCUT2D eigenvalue weighted by atomic mass is 10.1. The number of methoxy groups -OCH3 is 2. The highest BCUT2D eigenvalue weighted by atomic mass is 16.5. The zero-order valence-electron chi connectivity index (χ0n) is 16.2. The zero-order valence-corrected chi connectivity index (χ0v) is 16.2. The number of pyridine rings is 1. The number of anilines is 2. The van der Waals surface area contributed by atoms with E-state index in [0.717, 1.165) is 16.9 Å². The number of aromatic nitrogens is 1. The van der Waals surface area contributed by atoms with Crippen molar-refractivity contribution in [3.63, 3.8) is 0 Å². The van der Waals surface area contributed by atoms with Gasteiger partial charge in [-0.25, -0.2) is 4.98 Å². The second-order valence-electron chi connectivity index (χ2n) is 6.29. The van der Waals surface area contributed by atoms with E-state index in [0.29, 0.717) is 23.7 Å². The number of amides is 1. The van der Waals surface area contributed by atoms with Gasteiger partial charge in [0.1, 0.15) is 17.2 Å². The second kappa shape index (κ2) is 8.90. The summed E-state index contributed by atoms with van der Waals surface area (Å²) in [6.45, 7) is 2.49. The molecule has 1 amide bonds. The van der Waals surface area contributed by atoms with Gasteiger partial charge in [-0.3, -0.25) is 4.79 Å². The Morgan fingerprint density at radius 2 is 1.79 bits per heavy atom. The molecule has 0 fully saturated rings. The van der Waals surface area contributed by atoms with E-state index in [2.05, 4.69) is 15.6 Å². The van der Waals surface area contributed by atoms with Crippen LogP contribution in [-0.4, -0.2) is 25.1 Å². The van der Waals surface area contributed by atoms with Crippen LogP contribution in [0.4, 0.5) is 11.4 Å². The van der Waals surface area contributed by atoms with Crippen molar-refractivity contribution >= 4 is 17.3 Å². The number of rotatable bonds is 7. The monoisotopic (exact) mass is 377 g/mol. The molecule has 0 aliphatic rings. The summed E-state index contributed by atoms with van der Waals surface area (Å²) in [4.78, 5) is 16.5. The highest BCUT2D eigenvalue weighted by Crippen LogP contribution is 2.31. The van der Waals surface area contributed by atoms with Crippen LogP contribution in [-0.2, 0) is 6.54 Å². The standard InChI is InChI=1S/C22H23N3O3/c1-15-4-6-16(7-5-15)13-24-22(26)20-10-8-17(14-23-20)25-19-11-9-18(27-2)12-21(19)28-3/h4-12,14,25H,13H2,1-3H3,(H,24,26). The molecule has 0 spiro atoms. The molecule has 28 heavy (non-hydrogen) atoms. The molecular weight excluding hydrogens is 354 g/mol. The van der Waals surface area contributed by atoms with E-state index in [1.807, 2.05) is 43.3 Å². The summed E-state index contributed by atoms with van der Waals surface area (Å²) in [5, 5.41) is 6.11.